The van der Waals surface area contributed by atoms with Gasteiger partial charge in [0.25, 0.3) is 0 Å². The van der Waals surface area contributed by atoms with Crippen molar-refractivity contribution in [3.63, 3.8) is 0 Å². The Morgan fingerprint density at radius 3 is 3.00 bits per heavy atom. The first-order valence-electron chi connectivity index (χ1n) is 7.13. The maximum absolute atomic E-state index is 12.3. The van der Waals surface area contributed by atoms with Gasteiger partial charge in [-0.05, 0) is 36.6 Å². The van der Waals surface area contributed by atoms with Crippen LogP contribution in [0, 0.1) is 5.92 Å². The molecule has 1 aromatic carbocycles. The quantitative estimate of drug-likeness (QED) is 0.746. The molecule has 106 valence electrons. The summed E-state index contributed by atoms with van der Waals surface area (Å²) in [7, 11) is 0. The zero-order valence-electron chi connectivity index (χ0n) is 11.4. The molecular formula is C15H19N3O2. The molecule has 0 radical (unpaired) electrons. The van der Waals surface area contributed by atoms with E-state index in [0.29, 0.717) is 19.4 Å². The number of piperidine rings is 1. The van der Waals surface area contributed by atoms with E-state index in [1.807, 2.05) is 12.1 Å². The van der Waals surface area contributed by atoms with Crippen molar-refractivity contribution in [2.75, 3.05) is 18.4 Å². The minimum absolute atomic E-state index is 0.0110. The van der Waals surface area contributed by atoms with Crippen LogP contribution in [0.3, 0.4) is 0 Å². The molecule has 1 unspecified atom stereocenters. The highest BCUT2D eigenvalue weighted by Gasteiger charge is 2.25. The average molecular weight is 273 g/mol. The third-order valence-electron chi connectivity index (χ3n) is 4.03. The number of amides is 2. The number of fused-ring (bicyclic) bond motifs is 1. The van der Waals surface area contributed by atoms with Crippen molar-refractivity contribution >= 4 is 17.5 Å². The second kappa shape index (κ2) is 5.63. The van der Waals surface area contributed by atoms with Crippen LogP contribution in [0.15, 0.2) is 18.2 Å². The summed E-state index contributed by atoms with van der Waals surface area (Å²) in [5.41, 5.74) is 3.41. The maximum Gasteiger partial charge on any atom is 0.229 e. The van der Waals surface area contributed by atoms with Gasteiger partial charge in [0.1, 0.15) is 0 Å². The minimum atomic E-state index is -0.120. The van der Waals surface area contributed by atoms with Crippen molar-refractivity contribution in [2.45, 2.75) is 25.8 Å². The van der Waals surface area contributed by atoms with E-state index < -0.39 is 0 Å². The van der Waals surface area contributed by atoms with E-state index >= 15 is 0 Å². The Balaban J connectivity index is 1.71. The summed E-state index contributed by atoms with van der Waals surface area (Å²) in [5, 5.41) is 9.12. The molecule has 5 heteroatoms. The monoisotopic (exact) mass is 273 g/mol. The first-order chi connectivity index (χ1) is 9.74. The first kappa shape index (κ1) is 13.1. The molecule has 2 aliphatic heterocycles. The van der Waals surface area contributed by atoms with Crippen LogP contribution in [0.4, 0.5) is 5.69 Å². The number of hydrogen-bond acceptors (Lipinski definition) is 3. The number of nitrogens with one attached hydrogen (secondary N) is 3. The normalized spacial score (nSPS) is 21.8. The van der Waals surface area contributed by atoms with Crippen LogP contribution < -0.4 is 16.0 Å². The van der Waals surface area contributed by atoms with Gasteiger partial charge in [0.05, 0.1) is 5.92 Å². The second-order valence-electron chi connectivity index (χ2n) is 5.40. The molecule has 20 heavy (non-hydrogen) atoms. The Labute approximate surface area is 118 Å². The summed E-state index contributed by atoms with van der Waals surface area (Å²) in [6.45, 7) is 2.25. The summed E-state index contributed by atoms with van der Waals surface area (Å²) in [6, 6.07) is 6.03. The van der Waals surface area contributed by atoms with Gasteiger partial charge in [-0.2, -0.15) is 0 Å². The van der Waals surface area contributed by atoms with Crippen LogP contribution in [0.5, 0.6) is 0 Å². The lowest BCUT2D eigenvalue weighted by molar-refractivity contribution is -0.126. The zero-order chi connectivity index (χ0) is 13.9. The van der Waals surface area contributed by atoms with Crippen LogP contribution in [0.1, 0.15) is 24.0 Å². The molecule has 1 aromatic rings. The lowest BCUT2D eigenvalue weighted by Crippen LogP contribution is -2.40. The molecule has 2 aliphatic rings. The van der Waals surface area contributed by atoms with Gasteiger partial charge in [0, 0.05) is 25.2 Å². The van der Waals surface area contributed by atoms with Gasteiger partial charge in [-0.3, -0.25) is 9.59 Å². The van der Waals surface area contributed by atoms with Crippen LogP contribution in [0.2, 0.25) is 0 Å². The third kappa shape index (κ3) is 2.67. The van der Waals surface area contributed by atoms with Gasteiger partial charge in [-0.15, -0.1) is 0 Å². The van der Waals surface area contributed by atoms with Crippen molar-refractivity contribution in [3.05, 3.63) is 29.3 Å². The zero-order valence-corrected chi connectivity index (χ0v) is 11.4. The number of anilines is 1. The van der Waals surface area contributed by atoms with E-state index in [2.05, 4.69) is 22.0 Å². The van der Waals surface area contributed by atoms with Crippen molar-refractivity contribution in [2.24, 2.45) is 5.92 Å². The molecule has 2 heterocycles. The number of rotatable bonds is 2. The number of carbonyl (C=O) groups excluding carboxylic acids is 2. The molecule has 0 aliphatic carbocycles. The van der Waals surface area contributed by atoms with Gasteiger partial charge in [0.15, 0.2) is 0 Å². The molecular weight excluding hydrogens is 254 g/mol. The second-order valence-corrected chi connectivity index (χ2v) is 5.40. The first-order valence-corrected chi connectivity index (χ1v) is 7.13. The molecule has 0 saturated carbocycles. The van der Waals surface area contributed by atoms with Crippen molar-refractivity contribution in [3.8, 4) is 0 Å². The molecule has 0 bridgehead atoms. The minimum Gasteiger partial charge on any atom is -0.355 e. The van der Waals surface area contributed by atoms with E-state index in [1.165, 1.54) is 11.1 Å². The fraction of sp³-hybridized carbons (Fsp3) is 0.467. The van der Waals surface area contributed by atoms with Crippen molar-refractivity contribution < 1.29 is 9.59 Å². The van der Waals surface area contributed by atoms with Crippen LogP contribution >= 0.6 is 0 Å². The van der Waals surface area contributed by atoms with Crippen LogP contribution in [-0.2, 0) is 22.6 Å². The maximum atomic E-state index is 12.3. The summed E-state index contributed by atoms with van der Waals surface area (Å²) >= 11 is 0. The largest absolute Gasteiger partial charge is 0.355 e. The molecule has 5 nitrogen and oxygen atoms in total. The Morgan fingerprint density at radius 2 is 2.20 bits per heavy atom. The number of hydrogen-bond donors (Lipinski definition) is 3. The fourth-order valence-corrected chi connectivity index (χ4v) is 2.84. The lowest BCUT2D eigenvalue weighted by Gasteiger charge is -2.24. The highest BCUT2D eigenvalue weighted by atomic mass is 16.2. The highest BCUT2D eigenvalue weighted by molar-refractivity contribution is 5.94. The van der Waals surface area contributed by atoms with E-state index in [-0.39, 0.29) is 17.7 Å². The summed E-state index contributed by atoms with van der Waals surface area (Å²) in [4.78, 5) is 23.4. The van der Waals surface area contributed by atoms with Crippen molar-refractivity contribution in [1.29, 1.82) is 0 Å². The summed E-state index contributed by atoms with van der Waals surface area (Å²) < 4.78 is 0. The standard InChI is InChI=1S/C15H19N3O2/c19-14-5-4-11(9-17-14)15(20)18-13-3-1-2-10-8-16-7-6-12(10)13/h1-3,11,16H,4-9H2,(H,17,19)(H,18,20). The van der Waals surface area contributed by atoms with Crippen LogP contribution in [0.25, 0.3) is 0 Å². The van der Waals surface area contributed by atoms with Gasteiger partial charge in [0.2, 0.25) is 11.8 Å². The molecule has 1 atom stereocenters. The topological polar surface area (TPSA) is 70.2 Å². The average Bonchev–Trinajstić information content (AvgIpc) is 2.48. The summed E-state index contributed by atoms with van der Waals surface area (Å²) in [6.07, 6.45) is 2.01. The smallest absolute Gasteiger partial charge is 0.229 e. The fourth-order valence-electron chi connectivity index (χ4n) is 2.84. The van der Waals surface area contributed by atoms with Crippen LogP contribution in [-0.4, -0.2) is 24.9 Å². The lowest BCUT2D eigenvalue weighted by atomic mass is 9.96. The molecule has 1 saturated heterocycles. The number of carbonyl (C=O) groups is 2. The van der Waals surface area contributed by atoms with Gasteiger partial charge in [-0.1, -0.05) is 12.1 Å². The number of benzene rings is 1. The Morgan fingerprint density at radius 1 is 1.30 bits per heavy atom. The van der Waals surface area contributed by atoms with Gasteiger partial charge < -0.3 is 16.0 Å². The molecule has 0 spiro atoms. The molecule has 3 N–H and O–H groups in total. The SMILES string of the molecule is O=C1CCC(C(=O)Nc2cccc3c2CCNC3)CN1. The highest BCUT2D eigenvalue weighted by Crippen LogP contribution is 2.24. The van der Waals surface area contributed by atoms with E-state index in [0.717, 1.165) is 25.2 Å². The predicted octanol–water partition coefficient (Wildman–Crippen LogP) is 0.797. The molecule has 0 aromatic heterocycles. The van der Waals surface area contributed by atoms with E-state index in [1.54, 1.807) is 0 Å². The molecule has 2 amide bonds. The van der Waals surface area contributed by atoms with Gasteiger partial charge in [-0.25, -0.2) is 0 Å². The van der Waals surface area contributed by atoms with E-state index in [9.17, 15) is 9.59 Å². The Hall–Kier alpha value is -1.88. The Kier molecular flexibility index (Phi) is 3.69. The molecule has 1 fully saturated rings. The summed E-state index contributed by atoms with van der Waals surface area (Å²) in [5.74, 6) is -0.0700. The predicted molar refractivity (Wildman–Crippen MR) is 76.2 cm³/mol. The van der Waals surface area contributed by atoms with E-state index in [4.69, 9.17) is 0 Å². The molecule has 3 rings (SSSR count). The van der Waals surface area contributed by atoms with Gasteiger partial charge >= 0.3 is 0 Å². The van der Waals surface area contributed by atoms with Crippen molar-refractivity contribution in [1.82, 2.24) is 10.6 Å². The third-order valence-corrected chi connectivity index (χ3v) is 4.03. The Bertz CT molecular complexity index is 532.